The molecule has 0 aromatic carbocycles. The molecule has 1 aliphatic rings. The molecule has 0 saturated heterocycles. The van der Waals surface area contributed by atoms with Crippen LogP contribution in [-0.2, 0) is 4.53 Å². The lowest BCUT2D eigenvalue weighted by molar-refractivity contribution is 0.266. The van der Waals surface area contributed by atoms with Crippen LogP contribution in [0.15, 0.2) is 11.9 Å². The van der Waals surface area contributed by atoms with Gasteiger partial charge in [0.25, 0.3) is 0 Å². The number of rotatable bonds is 0. The standard InChI is InChI=1S/C2H4NOSi2/c1-2-5-6-4-3-1/h1-3,6H. The van der Waals surface area contributed by atoms with Crippen LogP contribution in [0, 0.1) is 0 Å². The third-order valence-electron chi connectivity index (χ3n) is 0.443. The maximum absolute atomic E-state index is 4.83. The zero-order valence-electron chi connectivity index (χ0n) is 3.14. The Bertz CT molecular complexity index is 77.5. The van der Waals surface area contributed by atoms with Gasteiger partial charge in [0.05, 0.1) is 8.61 Å². The number of nitrogens with one attached hydrogen (secondary N) is 1. The molecule has 0 saturated carbocycles. The van der Waals surface area contributed by atoms with Gasteiger partial charge in [-0.15, -0.1) is 0 Å². The average Bonchev–Trinajstić information content (AvgIpc) is 1.72. The Kier molecular flexibility index (Phi) is 1.34. The molecule has 1 radical (unpaired) electrons. The van der Waals surface area contributed by atoms with Crippen molar-refractivity contribution in [2.75, 3.05) is 0 Å². The summed E-state index contributed by atoms with van der Waals surface area (Å²) in [5.41, 5.74) is 4.74. The molecule has 31 valence electrons. The Morgan fingerprint density at radius 3 is 3.00 bits per heavy atom. The number of hydroxylamine groups is 1. The van der Waals surface area contributed by atoms with Gasteiger partial charge >= 0.3 is 0 Å². The van der Waals surface area contributed by atoms with E-state index >= 15 is 0 Å². The minimum atomic E-state index is 0.235. The van der Waals surface area contributed by atoms with E-state index in [-0.39, 0.29) is 8.86 Å². The summed E-state index contributed by atoms with van der Waals surface area (Å²) in [5.74, 6) is 0. The second-order valence-corrected chi connectivity index (χ2v) is 3.70. The van der Waals surface area contributed by atoms with Crippen molar-refractivity contribution in [3.05, 3.63) is 11.9 Å². The van der Waals surface area contributed by atoms with Gasteiger partial charge in [-0.3, -0.25) is 0 Å². The second kappa shape index (κ2) is 2.04. The molecule has 4 heteroatoms. The molecular weight excluding hydrogens is 110 g/mol. The lowest BCUT2D eigenvalue weighted by Crippen LogP contribution is -2.11. The van der Waals surface area contributed by atoms with E-state index in [1.54, 1.807) is 0 Å². The normalized spacial score (nSPS) is 16.0. The van der Waals surface area contributed by atoms with Crippen molar-refractivity contribution in [1.29, 1.82) is 0 Å². The molecule has 0 aliphatic carbocycles. The first-order chi connectivity index (χ1) is 3.00. The maximum atomic E-state index is 4.83. The van der Waals surface area contributed by atoms with Crippen LogP contribution in [0.4, 0.5) is 0 Å². The molecule has 0 spiro atoms. The minimum absolute atomic E-state index is 0.235. The maximum Gasteiger partial charge on any atom is 0.234 e. The molecule has 0 aromatic heterocycles. The summed E-state index contributed by atoms with van der Waals surface area (Å²) in [5, 5.41) is 0. The van der Waals surface area contributed by atoms with Gasteiger partial charge in [-0.25, -0.2) is 5.48 Å². The highest BCUT2D eigenvalue weighted by atomic mass is 28.9. The van der Waals surface area contributed by atoms with Crippen LogP contribution >= 0.6 is 0 Å². The average molecular weight is 114 g/mol. The van der Waals surface area contributed by atoms with Crippen LogP contribution in [0.2, 0.25) is 0 Å². The molecule has 0 unspecified atom stereocenters. The SMILES string of the molecule is C1=C[Si]=[SiH]ON1. The molecule has 1 heterocycles. The molecular formula is C2H4NOSi2. The number of hydrogen-bond donors (Lipinski definition) is 1. The predicted octanol–water partition coefficient (Wildman–Crippen LogP) is -1.04. The second-order valence-electron chi connectivity index (χ2n) is 0.854. The summed E-state index contributed by atoms with van der Waals surface area (Å²) in [4.78, 5) is 0. The minimum Gasteiger partial charge on any atom is -0.459 e. The van der Waals surface area contributed by atoms with Gasteiger partial charge in [-0.1, -0.05) is 5.70 Å². The largest absolute Gasteiger partial charge is 0.459 e. The Balaban J connectivity index is 2.46. The molecule has 0 atom stereocenters. The molecule has 1 rings (SSSR count). The van der Waals surface area contributed by atoms with Gasteiger partial charge in [0.2, 0.25) is 8.86 Å². The third kappa shape index (κ3) is 0.871. The van der Waals surface area contributed by atoms with Gasteiger partial charge in [0.1, 0.15) is 0 Å². The summed E-state index contributed by atoms with van der Waals surface area (Å²) in [7, 11) is 1.15. The predicted molar refractivity (Wildman–Crippen MR) is 26.3 cm³/mol. The molecule has 1 aliphatic heterocycles. The molecule has 1 N–H and O–H groups in total. The van der Waals surface area contributed by atoms with E-state index in [1.807, 2.05) is 6.20 Å². The van der Waals surface area contributed by atoms with Gasteiger partial charge in [0, 0.05) is 6.20 Å². The van der Waals surface area contributed by atoms with Crippen LogP contribution in [0.25, 0.3) is 0 Å². The van der Waals surface area contributed by atoms with E-state index in [0.717, 1.165) is 8.61 Å². The zero-order chi connectivity index (χ0) is 4.24. The molecule has 0 aromatic rings. The third-order valence-corrected chi connectivity index (χ3v) is 2.53. The van der Waals surface area contributed by atoms with Crippen LogP contribution < -0.4 is 5.48 Å². The van der Waals surface area contributed by atoms with E-state index in [4.69, 9.17) is 4.53 Å². The van der Waals surface area contributed by atoms with E-state index < -0.39 is 0 Å². The van der Waals surface area contributed by atoms with Gasteiger partial charge in [0.15, 0.2) is 0 Å². The summed E-state index contributed by atoms with van der Waals surface area (Å²) < 4.78 is 4.83. The molecule has 2 nitrogen and oxygen atoms in total. The van der Waals surface area contributed by atoms with Crippen LogP contribution in [0.3, 0.4) is 0 Å². The fourth-order valence-electron chi connectivity index (χ4n) is 0.229. The van der Waals surface area contributed by atoms with Gasteiger partial charge in [-0.05, 0) is 0 Å². The lowest BCUT2D eigenvalue weighted by Gasteiger charge is -1.98. The molecule has 0 fully saturated rings. The van der Waals surface area contributed by atoms with Crippen molar-refractivity contribution in [1.82, 2.24) is 5.48 Å². The highest BCUT2D eigenvalue weighted by Gasteiger charge is 1.74. The van der Waals surface area contributed by atoms with Crippen LogP contribution in [-0.4, -0.2) is 17.5 Å². The van der Waals surface area contributed by atoms with E-state index in [0.29, 0.717) is 0 Å². The molecule has 6 heavy (non-hydrogen) atoms. The van der Waals surface area contributed by atoms with Crippen LogP contribution in [0.5, 0.6) is 0 Å². The van der Waals surface area contributed by atoms with Crippen molar-refractivity contribution in [3.63, 3.8) is 0 Å². The van der Waals surface area contributed by atoms with Crippen molar-refractivity contribution in [3.8, 4) is 0 Å². The monoisotopic (exact) mass is 114 g/mol. The number of hydrogen-bond acceptors (Lipinski definition) is 2. The topological polar surface area (TPSA) is 21.3 Å². The summed E-state index contributed by atoms with van der Waals surface area (Å²) in [6, 6.07) is 0. The van der Waals surface area contributed by atoms with Crippen molar-refractivity contribution in [2.45, 2.75) is 0 Å². The van der Waals surface area contributed by atoms with E-state index in [1.165, 1.54) is 0 Å². The highest BCUT2D eigenvalue weighted by molar-refractivity contribution is 6.73. The first-order valence-electron chi connectivity index (χ1n) is 1.64. The van der Waals surface area contributed by atoms with Crippen molar-refractivity contribution < 1.29 is 4.53 Å². The first kappa shape index (κ1) is 3.95. The van der Waals surface area contributed by atoms with Gasteiger partial charge < -0.3 is 4.53 Å². The highest BCUT2D eigenvalue weighted by Crippen LogP contribution is 1.64. The van der Waals surface area contributed by atoms with Crippen LogP contribution in [0.1, 0.15) is 0 Å². The quantitative estimate of drug-likeness (QED) is 0.406. The fraction of sp³-hybridized carbons (Fsp3) is 0. The smallest absolute Gasteiger partial charge is 0.234 e. The zero-order valence-corrected chi connectivity index (χ0v) is 5.29. The first-order valence-corrected chi connectivity index (χ1v) is 5.00. The van der Waals surface area contributed by atoms with Crippen molar-refractivity contribution in [2.24, 2.45) is 0 Å². The summed E-state index contributed by atoms with van der Waals surface area (Å²) in [6.07, 6.45) is 1.83. The Morgan fingerprint density at radius 2 is 2.83 bits per heavy atom. The Morgan fingerprint density at radius 1 is 1.83 bits per heavy atom. The lowest BCUT2D eigenvalue weighted by atomic mass is 11.1. The Hall–Kier alpha value is -0.226. The summed E-state index contributed by atoms with van der Waals surface area (Å²) >= 11 is 0. The Labute approximate surface area is 40.2 Å². The van der Waals surface area contributed by atoms with Gasteiger partial charge in [-0.2, -0.15) is 0 Å². The fourth-order valence-corrected chi connectivity index (χ4v) is 1.62. The van der Waals surface area contributed by atoms with Crippen molar-refractivity contribution >= 4 is 17.5 Å². The van der Waals surface area contributed by atoms with E-state index in [9.17, 15) is 0 Å². The van der Waals surface area contributed by atoms with E-state index in [2.05, 4.69) is 11.2 Å². The molecule has 0 amide bonds. The summed E-state index contributed by atoms with van der Waals surface area (Å²) in [6.45, 7) is 0. The molecule has 0 bridgehead atoms.